The molecule has 7 heteroatoms. The number of urea groups is 1. The summed E-state index contributed by atoms with van der Waals surface area (Å²) in [6, 6.07) is 8.05. The third-order valence-electron chi connectivity index (χ3n) is 3.78. The summed E-state index contributed by atoms with van der Waals surface area (Å²) in [7, 11) is 3.94. The van der Waals surface area contributed by atoms with Crippen molar-refractivity contribution in [2.75, 3.05) is 27.2 Å². The van der Waals surface area contributed by atoms with Crippen molar-refractivity contribution in [1.82, 2.24) is 20.4 Å². The molecule has 2 rings (SSSR count). The topological polar surface area (TPSA) is 81.8 Å². The fourth-order valence-corrected chi connectivity index (χ4v) is 2.51. The van der Waals surface area contributed by atoms with E-state index in [0.717, 1.165) is 23.4 Å². The van der Waals surface area contributed by atoms with E-state index in [9.17, 15) is 14.4 Å². The minimum Gasteiger partial charge on any atom is -0.356 e. The van der Waals surface area contributed by atoms with Crippen LogP contribution in [0.3, 0.4) is 0 Å². The van der Waals surface area contributed by atoms with E-state index in [0.29, 0.717) is 6.54 Å². The molecule has 1 heterocycles. The van der Waals surface area contributed by atoms with E-state index < -0.39 is 12.1 Å². The van der Waals surface area contributed by atoms with Gasteiger partial charge >= 0.3 is 6.03 Å². The summed E-state index contributed by atoms with van der Waals surface area (Å²) in [4.78, 5) is 39.4. The van der Waals surface area contributed by atoms with Crippen molar-refractivity contribution in [1.29, 1.82) is 0 Å². The Morgan fingerprint density at radius 3 is 2.62 bits per heavy atom. The van der Waals surface area contributed by atoms with E-state index >= 15 is 0 Å². The highest BCUT2D eigenvalue weighted by Gasteiger charge is 2.38. The van der Waals surface area contributed by atoms with Crippen LogP contribution in [0.5, 0.6) is 0 Å². The standard InChI is InChI=1S/C17H24N4O3/c1-20(2)10-6-9-18-15(22)11-14-16(23)21(17(24)19-14)12-13-7-4-3-5-8-13/h3-5,7-8,14H,6,9-12H2,1-2H3,(H,18,22)(H,19,24)/t14-/m1/s1. The maximum Gasteiger partial charge on any atom is 0.325 e. The quantitative estimate of drug-likeness (QED) is 0.538. The number of carbonyl (C=O) groups excluding carboxylic acids is 3. The summed E-state index contributed by atoms with van der Waals surface area (Å²) in [5.74, 6) is -0.582. The number of rotatable bonds is 8. The first kappa shape index (κ1) is 17.9. The second-order valence-electron chi connectivity index (χ2n) is 6.12. The van der Waals surface area contributed by atoms with Crippen molar-refractivity contribution >= 4 is 17.8 Å². The average molecular weight is 332 g/mol. The molecule has 7 nitrogen and oxygen atoms in total. The van der Waals surface area contributed by atoms with Crippen LogP contribution >= 0.6 is 0 Å². The molecular weight excluding hydrogens is 308 g/mol. The maximum atomic E-state index is 12.3. The van der Waals surface area contributed by atoms with Gasteiger partial charge in [0.15, 0.2) is 0 Å². The molecular formula is C17H24N4O3. The molecule has 0 aliphatic carbocycles. The van der Waals surface area contributed by atoms with Gasteiger partial charge in [-0.15, -0.1) is 0 Å². The van der Waals surface area contributed by atoms with Crippen molar-refractivity contribution in [2.24, 2.45) is 0 Å². The van der Waals surface area contributed by atoms with Crippen molar-refractivity contribution in [3.63, 3.8) is 0 Å². The number of amides is 4. The van der Waals surface area contributed by atoms with E-state index in [4.69, 9.17) is 0 Å². The zero-order valence-corrected chi connectivity index (χ0v) is 14.1. The molecule has 2 N–H and O–H groups in total. The van der Waals surface area contributed by atoms with Gasteiger partial charge in [0.25, 0.3) is 5.91 Å². The van der Waals surface area contributed by atoms with E-state index in [1.54, 1.807) is 0 Å². The third kappa shape index (κ3) is 5.06. The monoisotopic (exact) mass is 332 g/mol. The molecule has 1 atom stereocenters. The Hall–Kier alpha value is -2.41. The van der Waals surface area contributed by atoms with Crippen LogP contribution in [-0.2, 0) is 16.1 Å². The summed E-state index contributed by atoms with van der Waals surface area (Å²) in [5.41, 5.74) is 0.870. The van der Waals surface area contributed by atoms with Gasteiger partial charge in [0.2, 0.25) is 5.91 Å². The highest BCUT2D eigenvalue weighted by molar-refractivity contribution is 6.05. The highest BCUT2D eigenvalue weighted by atomic mass is 16.2. The van der Waals surface area contributed by atoms with Crippen molar-refractivity contribution in [3.05, 3.63) is 35.9 Å². The Morgan fingerprint density at radius 1 is 1.25 bits per heavy atom. The Bertz CT molecular complexity index is 589. The molecule has 4 amide bonds. The predicted molar refractivity (Wildman–Crippen MR) is 90.1 cm³/mol. The van der Waals surface area contributed by atoms with E-state index in [1.165, 1.54) is 0 Å². The van der Waals surface area contributed by atoms with Crippen LogP contribution < -0.4 is 10.6 Å². The fourth-order valence-electron chi connectivity index (χ4n) is 2.51. The fraction of sp³-hybridized carbons (Fsp3) is 0.471. The predicted octanol–water partition coefficient (Wildman–Crippen LogP) is 0.565. The second kappa shape index (κ2) is 8.44. The van der Waals surface area contributed by atoms with E-state index in [-0.39, 0.29) is 24.8 Å². The third-order valence-corrected chi connectivity index (χ3v) is 3.78. The molecule has 1 fully saturated rings. The first-order valence-corrected chi connectivity index (χ1v) is 8.04. The molecule has 0 spiro atoms. The maximum absolute atomic E-state index is 12.3. The van der Waals surface area contributed by atoms with Gasteiger partial charge in [-0.25, -0.2) is 4.79 Å². The largest absolute Gasteiger partial charge is 0.356 e. The normalized spacial score (nSPS) is 17.3. The van der Waals surface area contributed by atoms with Crippen LogP contribution in [0.1, 0.15) is 18.4 Å². The van der Waals surface area contributed by atoms with Crippen LogP contribution in [0.25, 0.3) is 0 Å². The molecule has 130 valence electrons. The molecule has 1 aliphatic rings. The Kier molecular flexibility index (Phi) is 6.31. The number of imide groups is 1. The van der Waals surface area contributed by atoms with E-state index in [2.05, 4.69) is 10.6 Å². The summed E-state index contributed by atoms with van der Waals surface area (Å²) in [5, 5.41) is 5.36. The molecule has 0 radical (unpaired) electrons. The van der Waals surface area contributed by atoms with Gasteiger partial charge in [-0.3, -0.25) is 14.5 Å². The van der Waals surface area contributed by atoms with Crippen LogP contribution in [0.15, 0.2) is 30.3 Å². The SMILES string of the molecule is CN(C)CCCNC(=O)C[C@H]1NC(=O)N(Cc2ccccc2)C1=O. The zero-order valence-electron chi connectivity index (χ0n) is 14.1. The van der Waals surface area contributed by atoms with Crippen molar-refractivity contribution < 1.29 is 14.4 Å². The molecule has 0 bridgehead atoms. The molecule has 24 heavy (non-hydrogen) atoms. The van der Waals surface area contributed by atoms with Gasteiger partial charge in [-0.1, -0.05) is 30.3 Å². The van der Waals surface area contributed by atoms with Gasteiger partial charge in [-0.2, -0.15) is 0 Å². The molecule has 1 saturated heterocycles. The Labute approximate surface area is 142 Å². The summed E-state index contributed by atoms with van der Waals surface area (Å²) >= 11 is 0. The van der Waals surface area contributed by atoms with Gasteiger partial charge in [-0.05, 0) is 32.6 Å². The lowest BCUT2D eigenvalue weighted by molar-refractivity contribution is -0.131. The second-order valence-corrected chi connectivity index (χ2v) is 6.12. The lowest BCUT2D eigenvalue weighted by atomic mass is 10.1. The van der Waals surface area contributed by atoms with Gasteiger partial charge < -0.3 is 15.5 Å². The number of benzene rings is 1. The molecule has 1 aliphatic heterocycles. The lowest BCUT2D eigenvalue weighted by Gasteiger charge is -2.13. The minimum atomic E-state index is -0.782. The minimum absolute atomic E-state index is 0.0299. The molecule has 0 aromatic heterocycles. The smallest absolute Gasteiger partial charge is 0.325 e. The zero-order chi connectivity index (χ0) is 17.5. The molecule has 1 aromatic rings. The Balaban J connectivity index is 1.81. The number of carbonyl (C=O) groups is 3. The van der Waals surface area contributed by atoms with Crippen molar-refractivity contribution in [3.8, 4) is 0 Å². The summed E-state index contributed by atoms with van der Waals surface area (Å²) in [6.07, 6.45) is 0.807. The average Bonchev–Trinajstić information content (AvgIpc) is 2.80. The van der Waals surface area contributed by atoms with Crippen LogP contribution in [0.4, 0.5) is 4.79 Å². The van der Waals surface area contributed by atoms with Gasteiger partial charge in [0, 0.05) is 6.54 Å². The lowest BCUT2D eigenvalue weighted by Crippen LogP contribution is -2.37. The van der Waals surface area contributed by atoms with Gasteiger partial charge in [0.1, 0.15) is 6.04 Å². The molecule has 1 aromatic carbocycles. The van der Waals surface area contributed by atoms with Crippen LogP contribution in [0, 0.1) is 0 Å². The van der Waals surface area contributed by atoms with Gasteiger partial charge in [0.05, 0.1) is 13.0 Å². The first-order chi connectivity index (χ1) is 11.5. The first-order valence-electron chi connectivity index (χ1n) is 8.04. The van der Waals surface area contributed by atoms with Crippen molar-refractivity contribution in [2.45, 2.75) is 25.4 Å². The summed E-state index contributed by atoms with van der Waals surface area (Å²) in [6.45, 7) is 1.65. The van der Waals surface area contributed by atoms with E-state index in [1.807, 2.05) is 49.3 Å². The molecule has 0 saturated carbocycles. The number of nitrogens with one attached hydrogen (secondary N) is 2. The van der Waals surface area contributed by atoms with Crippen LogP contribution in [0.2, 0.25) is 0 Å². The number of hydrogen-bond donors (Lipinski definition) is 2. The van der Waals surface area contributed by atoms with Crippen LogP contribution in [-0.4, -0.2) is 60.9 Å². The number of hydrogen-bond acceptors (Lipinski definition) is 4. The number of nitrogens with zero attached hydrogens (tertiary/aromatic N) is 2. The highest BCUT2D eigenvalue weighted by Crippen LogP contribution is 2.13. The summed E-state index contributed by atoms with van der Waals surface area (Å²) < 4.78 is 0. The Morgan fingerprint density at radius 2 is 1.96 bits per heavy atom. The molecule has 0 unspecified atom stereocenters.